The Morgan fingerprint density at radius 3 is 1.23 bits per heavy atom. The summed E-state index contributed by atoms with van der Waals surface area (Å²) in [6, 6.07) is 0. The Hall–Kier alpha value is -0.220. The summed E-state index contributed by atoms with van der Waals surface area (Å²) in [6.45, 7) is 15.6. The molecule has 0 N–H and O–H groups in total. The van der Waals surface area contributed by atoms with Crippen LogP contribution in [0.2, 0.25) is 0 Å². The van der Waals surface area contributed by atoms with Crippen molar-refractivity contribution in [2.24, 2.45) is 23.7 Å². The minimum Gasteiger partial charge on any atom is -0.213 e. The predicted molar refractivity (Wildman–Crippen MR) is 127 cm³/mol. The fourth-order valence-electron chi connectivity index (χ4n) is 3.88. The molecule has 0 aromatic carbocycles. The lowest BCUT2D eigenvalue weighted by molar-refractivity contribution is 0.220. The van der Waals surface area contributed by atoms with Gasteiger partial charge in [-0.05, 0) is 49.4 Å². The summed E-state index contributed by atoms with van der Waals surface area (Å²) in [4.78, 5) is 0. The Kier molecular flexibility index (Phi) is 13.3. The quantitative estimate of drug-likeness (QED) is 0.617. The Balaban J connectivity index is 0.000000522. The van der Waals surface area contributed by atoms with Gasteiger partial charge in [-0.2, -0.15) is 17.0 Å². The van der Waals surface area contributed by atoms with Gasteiger partial charge in [0.2, 0.25) is 10.0 Å². The number of hydrogen-bond donors (Lipinski definition) is 0. The molecule has 30 heavy (non-hydrogen) atoms. The first-order valence-electron chi connectivity index (χ1n) is 11.4. The van der Waals surface area contributed by atoms with E-state index in [1.165, 1.54) is 10.6 Å². The smallest absolute Gasteiger partial charge is 0.213 e. The molecule has 0 spiro atoms. The third-order valence-corrected chi connectivity index (χ3v) is 9.38. The molecule has 0 aromatic heterocycles. The van der Waals surface area contributed by atoms with Gasteiger partial charge in [0.15, 0.2) is 0 Å². The van der Waals surface area contributed by atoms with Crippen LogP contribution in [0.4, 0.5) is 0 Å². The van der Waals surface area contributed by atoms with Crippen molar-refractivity contribution in [3.05, 3.63) is 0 Å². The molecule has 0 unspecified atom stereocenters. The van der Waals surface area contributed by atoms with Gasteiger partial charge in [-0.25, -0.2) is 12.7 Å². The van der Waals surface area contributed by atoms with E-state index in [1.54, 1.807) is 22.7 Å². The Bertz CT molecular complexity index is 660. The first kappa shape index (κ1) is 29.8. The molecule has 0 aliphatic carbocycles. The molecule has 0 atom stereocenters. The van der Waals surface area contributed by atoms with E-state index < -0.39 is 20.2 Å². The van der Waals surface area contributed by atoms with Crippen LogP contribution in [0, 0.1) is 23.7 Å². The zero-order valence-corrected chi connectivity index (χ0v) is 22.4. The molecule has 9 heteroatoms. The van der Waals surface area contributed by atoms with Gasteiger partial charge in [-0.15, -0.1) is 0 Å². The fraction of sp³-hybridized carbons (Fsp3) is 1.00. The van der Waals surface area contributed by atoms with Crippen LogP contribution in [0.15, 0.2) is 0 Å². The summed E-state index contributed by atoms with van der Waals surface area (Å²) in [5.74, 6) is 2.73. The minimum absolute atomic E-state index is 0.661. The van der Waals surface area contributed by atoms with Crippen molar-refractivity contribution >= 4 is 20.2 Å². The summed E-state index contributed by atoms with van der Waals surface area (Å²) in [5.41, 5.74) is 0. The molecule has 2 aliphatic rings. The van der Waals surface area contributed by atoms with Crippen LogP contribution >= 0.6 is 0 Å². The monoisotopic (exact) mass is 469 g/mol. The molecule has 0 aromatic rings. The molecule has 0 amide bonds. The molecular formula is C21H47N3O4S2. The molecule has 2 rings (SSSR count). The van der Waals surface area contributed by atoms with Gasteiger partial charge < -0.3 is 0 Å². The molecule has 0 radical (unpaired) electrons. The fourth-order valence-corrected chi connectivity index (χ4v) is 5.89. The second-order valence-electron chi connectivity index (χ2n) is 9.01. The predicted octanol–water partition coefficient (Wildman–Crippen LogP) is 3.50. The normalized spacial score (nSPS) is 20.7. The Labute approximate surface area is 187 Å². The van der Waals surface area contributed by atoms with Crippen LogP contribution in [0.5, 0.6) is 0 Å². The maximum absolute atomic E-state index is 11.8. The van der Waals surface area contributed by atoms with Gasteiger partial charge in [0.05, 0.1) is 6.26 Å². The summed E-state index contributed by atoms with van der Waals surface area (Å²) in [6.07, 6.45) is 5.31. The van der Waals surface area contributed by atoms with Gasteiger partial charge >= 0.3 is 0 Å². The minimum atomic E-state index is -3.18. The number of hydrogen-bond acceptors (Lipinski definition) is 4. The summed E-state index contributed by atoms with van der Waals surface area (Å²) < 4.78 is 50.5. The number of rotatable bonds is 5. The van der Waals surface area contributed by atoms with E-state index in [4.69, 9.17) is 0 Å². The zero-order valence-electron chi connectivity index (χ0n) is 20.8. The highest BCUT2D eigenvalue weighted by Crippen LogP contribution is 2.26. The molecule has 2 saturated heterocycles. The molecule has 0 saturated carbocycles. The first-order valence-corrected chi connectivity index (χ1v) is 14.6. The SMILES string of the molecule is CC.CC(C)C1CCN(S(=O)(=O)N(C)C)CC1.CC(C)C1CCN(S(C)(=O)=O)CC1. The van der Waals surface area contributed by atoms with Gasteiger partial charge in [0.25, 0.3) is 10.2 Å². The maximum atomic E-state index is 11.8. The van der Waals surface area contributed by atoms with Gasteiger partial charge in [-0.1, -0.05) is 41.5 Å². The summed E-state index contributed by atoms with van der Waals surface area (Å²) in [7, 11) is -2.95. The van der Waals surface area contributed by atoms with E-state index in [9.17, 15) is 16.8 Å². The van der Waals surface area contributed by atoms with Crippen molar-refractivity contribution in [3.8, 4) is 0 Å². The summed E-state index contributed by atoms with van der Waals surface area (Å²) in [5, 5.41) is 0. The Morgan fingerprint density at radius 1 is 0.700 bits per heavy atom. The van der Waals surface area contributed by atoms with Crippen molar-refractivity contribution in [2.45, 2.75) is 67.2 Å². The van der Waals surface area contributed by atoms with E-state index in [2.05, 4.69) is 27.7 Å². The number of piperidine rings is 2. The average Bonchev–Trinajstić information content (AvgIpc) is 2.69. The first-order chi connectivity index (χ1) is 13.8. The van der Waals surface area contributed by atoms with Crippen LogP contribution in [0.1, 0.15) is 67.2 Å². The highest BCUT2D eigenvalue weighted by atomic mass is 32.2. The van der Waals surface area contributed by atoms with Crippen LogP contribution < -0.4 is 0 Å². The van der Waals surface area contributed by atoms with Gasteiger partial charge in [0.1, 0.15) is 0 Å². The van der Waals surface area contributed by atoms with Crippen molar-refractivity contribution in [3.63, 3.8) is 0 Å². The highest BCUT2D eigenvalue weighted by Gasteiger charge is 2.30. The standard InChI is InChI=1S/C10H22N2O2S.C9H19NO2S.C2H6/c1-9(2)10-5-7-12(8-6-10)15(13,14)11(3)4;1-8(2)9-4-6-10(7-5-9)13(3,11)12;1-2/h9-10H,5-8H2,1-4H3;8-9H,4-7H2,1-3H3;1-2H3. The van der Waals surface area contributed by atoms with E-state index in [1.807, 2.05) is 13.8 Å². The lowest BCUT2D eigenvalue weighted by Gasteiger charge is -2.34. The second kappa shape index (κ2) is 13.4. The van der Waals surface area contributed by atoms with E-state index in [0.717, 1.165) is 25.7 Å². The molecule has 7 nitrogen and oxygen atoms in total. The number of sulfonamides is 1. The van der Waals surface area contributed by atoms with Crippen molar-refractivity contribution in [1.82, 2.24) is 12.9 Å². The van der Waals surface area contributed by atoms with Crippen molar-refractivity contribution in [1.29, 1.82) is 0 Å². The third-order valence-electron chi connectivity index (χ3n) is 6.14. The van der Waals surface area contributed by atoms with Crippen molar-refractivity contribution < 1.29 is 16.8 Å². The molecular weight excluding hydrogens is 422 g/mol. The topological polar surface area (TPSA) is 78.0 Å². The zero-order chi connectivity index (χ0) is 23.7. The molecule has 0 bridgehead atoms. The van der Waals surface area contributed by atoms with Crippen LogP contribution in [0.25, 0.3) is 0 Å². The lowest BCUT2D eigenvalue weighted by atomic mass is 9.87. The third kappa shape index (κ3) is 9.51. The molecule has 182 valence electrons. The molecule has 2 heterocycles. The summed E-state index contributed by atoms with van der Waals surface area (Å²) >= 11 is 0. The van der Waals surface area contributed by atoms with E-state index >= 15 is 0 Å². The molecule has 2 aliphatic heterocycles. The lowest BCUT2D eigenvalue weighted by Crippen LogP contribution is -2.44. The van der Waals surface area contributed by atoms with Crippen LogP contribution in [-0.2, 0) is 20.2 Å². The van der Waals surface area contributed by atoms with Crippen LogP contribution in [0.3, 0.4) is 0 Å². The van der Waals surface area contributed by atoms with E-state index in [-0.39, 0.29) is 0 Å². The number of nitrogens with zero attached hydrogens (tertiary/aromatic N) is 3. The maximum Gasteiger partial charge on any atom is 0.281 e. The molecule has 2 fully saturated rings. The highest BCUT2D eigenvalue weighted by molar-refractivity contribution is 7.88. The van der Waals surface area contributed by atoms with Crippen molar-refractivity contribution in [2.75, 3.05) is 46.5 Å². The Morgan fingerprint density at radius 2 is 1.00 bits per heavy atom. The largest absolute Gasteiger partial charge is 0.281 e. The van der Waals surface area contributed by atoms with Crippen LogP contribution in [-0.4, -0.2) is 76.3 Å². The van der Waals surface area contributed by atoms with E-state index in [0.29, 0.717) is 49.9 Å². The van der Waals surface area contributed by atoms with Gasteiger partial charge in [-0.3, -0.25) is 0 Å². The second-order valence-corrected chi connectivity index (χ2v) is 13.1. The average molecular weight is 470 g/mol. The van der Waals surface area contributed by atoms with Gasteiger partial charge in [0, 0.05) is 40.3 Å².